The summed E-state index contributed by atoms with van der Waals surface area (Å²) in [5, 5.41) is 9.44. The number of carbonyl (C=O) groups excluding carboxylic acids is 1. The van der Waals surface area contributed by atoms with Gasteiger partial charge in [0.05, 0.1) is 0 Å². The van der Waals surface area contributed by atoms with Crippen LogP contribution >= 0.6 is 0 Å². The third-order valence-corrected chi connectivity index (χ3v) is 4.31. The molecule has 0 saturated carbocycles. The maximum atomic E-state index is 12.1. The van der Waals surface area contributed by atoms with Crippen molar-refractivity contribution in [2.24, 2.45) is 4.99 Å². The van der Waals surface area contributed by atoms with Gasteiger partial charge in [-0.3, -0.25) is 9.79 Å². The molecule has 3 rings (SSSR count). The van der Waals surface area contributed by atoms with Gasteiger partial charge in [0.1, 0.15) is 0 Å². The van der Waals surface area contributed by atoms with Crippen LogP contribution < -0.4 is 25.4 Å². The molecule has 1 aliphatic heterocycles. The summed E-state index contributed by atoms with van der Waals surface area (Å²) in [6.45, 7) is 4.15. The van der Waals surface area contributed by atoms with Crippen molar-refractivity contribution in [1.82, 2.24) is 16.0 Å². The van der Waals surface area contributed by atoms with E-state index in [1.807, 2.05) is 49.4 Å². The van der Waals surface area contributed by atoms with Crippen LogP contribution in [0.1, 0.15) is 34.8 Å². The number of rotatable bonds is 7. The van der Waals surface area contributed by atoms with Crippen LogP contribution in [0.2, 0.25) is 0 Å². The van der Waals surface area contributed by atoms with E-state index in [9.17, 15) is 4.79 Å². The van der Waals surface area contributed by atoms with Crippen molar-refractivity contribution in [2.45, 2.75) is 26.4 Å². The number of aliphatic imine (C=N–C) groups is 1. The average molecular weight is 382 g/mol. The lowest BCUT2D eigenvalue weighted by atomic mass is 10.1. The second-order valence-corrected chi connectivity index (χ2v) is 6.42. The molecule has 1 heterocycles. The standard InChI is InChI=1S/C21H26N4O3/c1-3-9-23-20(26)17-6-4-5-15(10-17)12-24-21(22-2)25-13-16-7-8-18-19(11-16)28-14-27-18/h4-8,10-11H,3,9,12-14H2,1-2H3,(H,23,26)(H2,22,24,25). The van der Waals surface area contributed by atoms with Crippen molar-refractivity contribution in [3.05, 3.63) is 59.2 Å². The fourth-order valence-corrected chi connectivity index (χ4v) is 2.81. The molecular weight excluding hydrogens is 356 g/mol. The summed E-state index contributed by atoms with van der Waals surface area (Å²) in [7, 11) is 1.73. The Morgan fingerprint density at radius 3 is 2.50 bits per heavy atom. The van der Waals surface area contributed by atoms with Crippen LogP contribution in [0.15, 0.2) is 47.5 Å². The van der Waals surface area contributed by atoms with Crippen molar-refractivity contribution in [2.75, 3.05) is 20.4 Å². The molecule has 0 fully saturated rings. The molecule has 0 atom stereocenters. The quantitative estimate of drug-likeness (QED) is 0.506. The van der Waals surface area contributed by atoms with Crippen LogP contribution in [0.5, 0.6) is 11.5 Å². The van der Waals surface area contributed by atoms with Crippen molar-refractivity contribution in [1.29, 1.82) is 0 Å². The summed E-state index contributed by atoms with van der Waals surface area (Å²) < 4.78 is 10.7. The largest absolute Gasteiger partial charge is 0.454 e. The van der Waals surface area contributed by atoms with Crippen molar-refractivity contribution >= 4 is 11.9 Å². The van der Waals surface area contributed by atoms with Gasteiger partial charge in [-0.25, -0.2) is 0 Å². The van der Waals surface area contributed by atoms with E-state index < -0.39 is 0 Å². The molecule has 1 aliphatic rings. The Balaban J connectivity index is 1.52. The van der Waals surface area contributed by atoms with E-state index in [2.05, 4.69) is 20.9 Å². The van der Waals surface area contributed by atoms with E-state index >= 15 is 0 Å². The monoisotopic (exact) mass is 382 g/mol. The first-order valence-corrected chi connectivity index (χ1v) is 9.39. The molecule has 3 N–H and O–H groups in total. The van der Waals surface area contributed by atoms with E-state index in [1.165, 1.54) is 0 Å². The number of ether oxygens (including phenoxy) is 2. The van der Waals surface area contributed by atoms with Gasteiger partial charge in [-0.1, -0.05) is 25.1 Å². The van der Waals surface area contributed by atoms with Gasteiger partial charge in [-0.15, -0.1) is 0 Å². The summed E-state index contributed by atoms with van der Waals surface area (Å²) in [6, 6.07) is 13.4. The van der Waals surface area contributed by atoms with Gasteiger partial charge in [0, 0.05) is 32.2 Å². The Morgan fingerprint density at radius 1 is 1.00 bits per heavy atom. The summed E-state index contributed by atoms with van der Waals surface area (Å²) >= 11 is 0. The zero-order chi connectivity index (χ0) is 19.8. The maximum absolute atomic E-state index is 12.1. The Labute approximate surface area is 165 Å². The smallest absolute Gasteiger partial charge is 0.251 e. The molecule has 0 radical (unpaired) electrons. The van der Waals surface area contributed by atoms with Gasteiger partial charge in [-0.2, -0.15) is 0 Å². The number of hydrogen-bond donors (Lipinski definition) is 3. The van der Waals surface area contributed by atoms with Crippen LogP contribution in [0.3, 0.4) is 0 Å². The molecule has 0 aromatic heterocycles. The van der Waals surface area contributed by atoms with Gasteiger partial charge >= 0.3 is 0 Å². The van der Waals surface area contributed by atoms with Crippen LogP contribution in [0.4, 0.5) is 0 Å². The van der Waals surface area contributed by atoms with Gasteiger partial charge in [0.15, 0.2) is 17.5 Å². The van der Waals surface area contributed by atoms with Crippen molar-refractivity contribution < 1.29 is 14.3 Å². The lowest BCUT2D eigenvalue weighted by Gasteiger charge is -2.13. The van der Waals surface area contributed by atoms with Gasteiger partial charge in [0.2, 0.25) is 6.79 Å². The third kappa shape index (κ3) is 5.16. The van der Waals surface area contributed by atoms with Crippen LogP contribution in [-0.2, 0) is 13.1 Å². The molecular formula is C21H26N4O3. The van der Waals surface area contributed by atoms with Crippen LogP contribution in [0.25, 0.3) is 0 Å². The predicted octanol–water partition coefficient (Wildman–Crippen LogP) is 2.42. The number of benzene rings is 2. The number of guanidine groups is 1. The Hall–Kier alpha value is -3.22. The number of nitrogens with one attached hydrogen (secondary N) is 3. The Bertz CT molecular complexity index is 851. The van der Waals surface area contributed by atoms with Gasteiger partial charge < -0.3 is 25.4 Å². The highest BCUT2D eigenvalue weighted by atomic mass is 16.7. The van der Waals surface area contributed by atoms with E-state index in [1.54, 1.807) is 7.05 Å². The second-order valence-electron chi connectivity index (χ2n) is 6.42. The molecule has 2 aromatic rings. The molecule has 0 bridgehead atoms. The highest BCUT2D eigenvalue weighted by Crippen LogP contribution is 2.32. The minimum atomic E-state index is -0.0472. The number of nitrogens with zero attached hydrogens (tertiary/aromatic N) is 1. The SMILES string of the molecule is CCCNC(=O)c1cccc(CNC(=NC)NCc2ccc3c(c2)OCO3)c1. The summed E-state index contributed by atoms with van der Waals surface area (Å²) in [4.78, 5) is 16.4. The molecule has 0 unspecified atom stereocenters. The first-order valence-electron chi connectivity index (χ1n) is 9.39. The van der Waals surface area contributed by atoms with E-state index in [0.29, 0.717) is 31.2 Å². The zero-order valence-electron chi connectivity index (χ0n) is 16.2. The first-order chi connectivity index (χ1) is 13.7. The lowest BCUT2D eigenvalue weighted by molar-refractivity contribution is 0.0953. The molecule has 2 aromatic carbocycles. The highest BCUT2D eigenvalue weighted by Gasteiger charge is 2.13. The highest BCUT2D eigenvalue weighted by molar-refractivity contribution is 5.94. The van der Waals surface area contributed by atoms with Gasteiger partial charge in [-0.05, 0) is 41.8 Å². The molecule has 0 aliphatic carbocycles. The number of carbonyl (C=O) groups is 1. The van der Waals surface area contributed by atoms with Crippen LogP contribution in [-0.4, -0.2) is 32.3 Å². The molecule has 1 amide bonds. The zero-order valence-corrected chi connectivity index (χ0v) is 16.2. The molecule has 7 heteroatoms. The predicted molar refractivity (Wildman–Crippen MR) is 109 cm³/mol. The number of amides is 1. The third-order valence-electron chi connectivity index (χ3n) is 4.31. The number of hydrogen-bond acceptors (Lipinski definition) is 4. The molecule has 148 valence electrons. The molecule has 0 spiro atoms. The molecule has 7 nitrogen and oxygen atoms in total. The van der Waals surface area contributed by atoms with Crippen LogP contribution in [0, 0.1) is 0 Å². The summed E-state index contributed by atoms with van der Waals surface area (Å²) in [6.07, 6.45) is 0.915. The van der Waals surface area contributed by atoms with Gasteiger partial charge in [0.25, 0.3) is 5.91 Å². The molecule has 0 saturated heterocycles. The minimum absolute atomic E-state index is 0.0472. The summed E-state index contributed by atoms with van der Waals surface area (Å²) in [5.74, 6) is 2.17. The van der Waals surface area contributed by atoms with Crippen molar-refractivity contribution in [3.8, 4) is 11.5 Å². The fraction of sp³-hybridized carbons (Fsp3) is 0.333. The second kappa shape index (κ2) is 9.64. The van der Waals surface area contributed by atoms with Crippen molar-refractivity contribution in [3.63, 3.8) is 0 Å². The fourth-order valence-electron chi connectivity index (χ4n) is 2.81. The van der Waals surface area contributed by atoms with E-state index in [4.69, 9.17) is 9.47 Å². The Kier molecular flexibility index (Phi) is 6.73. The topological polar surface area (TPSA) is 84.0 Å². The Morgan fingerprint density at radius 2 is 1.75 bits per heavy atom. The lowest BCUT2D eigenvalue weighted by Crippen LogP contribution is -2.36. The maximum Gasteiger partial charge on any atom is 0.251 e. The number of fused-ring (bicyclic) bond motifs is 1. The van der Waals surface area contributed by atoms with E-state index in [0.717, 1.165) is 29.0 Å². The van der Waals surface area contributed by atoms with E-state index in [-0.39, 0.29) is 12.7 Å². The normalized spacial score (nSPS) is 12.6. The summed E-state index contributed by atoms with van der Waals surface area (Å²) in [5.41, 5.74) is 2.74. The average Bonchev–Trinajstić information content (AvgIpc) is 3.20. The first kappa shape index (κ1) is 19.5. The molecule has 28 heavy (non-hydrogen) atoms. The minimum Gasteiger partial charge on any atom is -0.454 e.